The number of rotatable bonds is 8. The molecule has 1 aromatic carbocycles. The number of nitrogens with one attached hydrogen (secondary N) is 1. The van der Waals surface area contributed by atoms with Crippen molar-refractivity contribution in [2.75, 3.05) is 39.6 Å². The molecule has 0 aliphatic carbocycles. The van der Waals surface area contributed by atoms with Crippen LogP contribution in [-0.4, -0.2) is 44.7 Å². The second kappa shape index (κ2) is 9.25. The minimum atomic E-state index is 0.0820. The van der Waals surface area contributed by atoms with E-state index in [1.54, 1.807) is 0 Å². The fraction of sp³-hybridized carbons (Fsp3) is 0.600. The molecule has 1 aromatic rings. The summed E-state index contributed by atoms with van der Waals surface area (Å²) in [6.07, 6.45) is 1.83. The van der Waals surface area contributed by atoms with Gasteiger partial charge in [-0.05, 0) is 46.6 Å². The van der Waals surface area contributed by atoms with E-state index < -0.39 is 0 Å². The lowest BCUT2D eigenvalue weighted by Crippen LogP contribution is -2.17. The maximum absolute atomic E-state index is 8.59. The van der Waals surface area contributed by atoms with Crippen molar-refractivity contribution in [1.82, 2.24) is 5.32 Å². The fourth-order valence-electron chi connectivity index (χ4n) is 2.08. The predicted molar refractivity (Wildman–Crippen MR) is 84.0 cm³/mol. The number of ether oxygens (including phenoxy) is 3. The van der Waals surface area contributed by atoms with E-state index in [2.05, 4.69) is 27.3 Å². The molecule has 0 amide bonds. The summed E-state index contributed by atoms with van der Waals surface area (Å²) in [7, 11) is 0. The van der Waals surface area contributed by atoms with Crippen LogP contribution < -0.4 is 14.8 Å². The Labute approximate surface area is 133 Å². The molecular formula is C15H22BrNO4. The highest BCUT2D eigenvalue weighted by molar-refractivity contribution is 9.10. The van der Waals surface area contributed by atoms with Gasteiger partial charge in [0.25, 0.3) is 0 Å². The van der Waals surface area contributed by atoms with Gasteiger partial charge in [-0.2, -0.15) is 0 Å². The van der Waals surface area contributed by atoms with Crippen molar-refractivity contribution in [3.8, 4) is 11.5 Å². The molecule has 0 atom stereocenters. The molecule has 1 aliphatic heterocycles. The summed E-state index contributed by atoms with van der Waals surface area (Å²) in [5, 5.41) is 12.0. The van der Waals surface area contributed by atoms with Crippen molar-refractivity contribution in [3.63, 3.8) is 0 Å². The van der Waals surface area contributed by atoms with Crippen molar-refractivity contribution in [3.05, 3.63) is 22.2 Å². The first kappa shape index (κ1) is 16.5. The zero-order chi connectivity index (χ0) is 14.9. The third-order valence-electron chi connectivity index (χ3n) is 3.07. The lowest BCUT2D eigenvalue weighted by molar-refractivity contribution is 0.0907. The zero-order valence-electron chi connectivity index (χ0n) is 12.1. The lowest BCUT2D eigenvalue weighted by atomic mass is 10.2. The van der Waals surface area contributed by atoms with Crippen LogP contribution >= 0.6 is 15.9 Å². The van der Waals surface area contributed by atoms with Gasteiger partial charge in [-0.3, -0.25) is 0 Å². The number of fused-ring (bicyclic) bond motifs is 1. The van der Waals surface area contributed by atoms with Crippen LogP contribution in [0.4, 0.5) is 0 Å². The van der Waals surface area contributed by atoms with Crippen LogP contribution in [-0.2, 0) is 11.3 Å². The second-order valence-electron chi connectivity index (χ2n) is 4.82. The second-order valence-corrected chi connectivity index (χ2v) is 5.68. The van der Waals surface area contributed by atoms with Gasteiger partial charge in [0.15, 0.2) is 11.5 Å². The summed E-state index contributed by atoms with van der Waals surface area (Å²) >= 11 is 3.54. The van der Waals surface area contributed by atoms with Gasteiger partial charge in [0.2, 0.25) is 0 Å². The first-order valence-electron chi connectivity index (χ1n) is 7.28. The van der Waals surface area contributed by atoms with Crippen molar-refractivity contribution >= 4 is 15.9 Å². The summed E-state index contributed by atoms with van der Waals surface area (Å²) in [5.74, 6) is 1.61. The van der Waals surface area contributed by atoms with Crippen molar-refractivity contribution < 1.29 is 19.3 Å². The average Bonchev–Trinajstić information content (AvgIpc) is 2.72. The molecule has 2 rings (SSSR count). The third-order valence-corrected chi connectivity index (χ3v) is 3.66. The van der Waals surface area contributed by atoms with Gasteiger partial charge in [-0.15, -0.1) is 0 Å². The van der Waals surface area contributed by atoms with E-state index in [0.717, 1.165) is 47.5 Å². The summed E-state index contributed by atoms with van der Waals surface area (Å²) in [5.41, 5.74) is 1.16. The van der Waals surface area contributed by atoms with Gasteiger partial charge < -0.3 is 24.6 Å². The van der Waals surface area contributed by atoms with Crippen LogP contribution in [0.2, 0.25) is 0 Å². The van der Waals surface area contributed by atoms with E-state index in [0.29, 0.717) is 26.4 Å². The summed E-state index contributed by atoms with van der Waals surface area (Å²) in [4.78, 5) is 0. The standard InChI is InChI=1S/C15H22BrNO4/c16-13-9-12(11-17-3-1-5-19-8-4-18)10-14-15(13)21-7-2-6-20-14/h9-10,17-18H,1-8,11H2. The van der Waals surface area contributed by atoms with E-state index in [1.165, 1.54) is 0 Å². The third kappa shape index (κ3) is 5.47. The maximum Gasteiger partial charge on any atom is 0.175 e. The van der Waals surface area contributed by atoms with Crippen molar-refractivity contribution in [2.24, 2.45) is 0 Å². The maximum atomic E-state index is 8.59. The molecular weight excluding hydrogens is 338 g/mol. The predicted octanol–water partition coefficient (Wildman–Crippen LogP) is 2.10. The first-order chi connectivity index (χ1) is 10.3. The SMILES string of the molecule is OCCOCCCNCc1cc(Br)c2c(c1)OCCCO2. The van der Waals surface area contributed by atoms with Crippen LogP contribution in [0, 0.1) is 0 Å². The number of aliphatic hydroxyl groups is 1. The Morgan fingerprint density at radius 3 is 2.95 bits per heavy atom. The summed E-state index contributed by atoms with van der Waals surface area (Å²) < 4.78 is 17.5. The van der Waals surface area contributed by atoms with Crippen LogP contribution in [0.25, 0.3) is 0 Å². The minimum absolute atomic E-state index is 0.0820. The highest BCUT2D eigenvalue weighted by Crippen LogP contribution is 2.38. The van der Waals surface area contributed by atoms with Gasteiger partial charge in [0.05, 0.1) is 30.9 Å². The molecule has 1 aliphatic rings. The molecule has 0 saturated heterocycles. The minimum Gasteiger partial charge on any atom is -0.490 e. The van der Waals surface area contributed by atoms with Gasteiger partial charge in [-0.25, -0.2) is 0 Å². The van der Waals surface area contributed by atoms with Crippen LogP contribution in [0.1, 0.15) is 18.4 Å². The number of benzene rings is 1. The molecule has 0 radical (unpaired) electrons. The monoisotopic (exact) mass is 359 g/mol. The summed E-state index contributed by atoms with van der Waals surface area (Å²) in [6.45, 7) is 4.19. The Morgan fingerprint density at radius 2 is 2.10 bits per heavy atom. The summed E-state index contributed by atoms with van der Waals surface area (Å²) in [6, 6.07) is 4.09. The van der Waals surface area contributed by atoms with E-state index >= 15 is 0 Å². The highest BCUT2D eigenvalue weighted by Gasteiger charge is 2.14. The number of hydrogen-bond acceptors (Lipinski definition) is 5. The Morgan fingerprint density at radius 1 is 1.24 bits per heavy atom. The van der Waals surface area contributed by atoms with Gasteiger partial charge in [0.1, 0.15) is 0 Å². The Hall–Kier alpha value is -0.820. The molecule has 6 heteroatoms. The largest absolute Gasteiger partial charge is 0.490 e. The molecule has 0 fully saturated rings. The Kier molecular flexibility index (Phi) is 7.29. The topological polar surface area (TPSA) is 60.0 Å². The smallest absolute Gasteiger partial charge is 0.175 e. The molecule has 1 heterocycles. The van der Waals surface area contributed by atoms with E-state index in [1.807, 2.05) is 6.07 Å². The Bertz CT molecular complexity index is 442. The number of halogens is 1. The zero-order valence-corrected chi connectivity index (χ0v) is 13.7. The lowest BCUT2D eigenvalue weighted by Gasteiger charge is -2.12. The molecule has 0 aromatic heterocycles. The van der Waals surface area contributed by atoms with Crippen molar-refractivity contribution in [1.29, 1.82) is 0 Å². The molecule has 0 saturated carbocycles. The van der Waals surface area contributed by atoms with Gasteiger partial charge in [0, 0.05) is 19.6 Å². The van der Waals surface area contributed by atoms with E-state index in [-0.39, 0.29) is 6.61 Å². The Balaban J connectivity index is 1.78. The number of hydrogen-bond donors (Lipinski definition) is 2. The molecule has 21 heavy (non-hydrogen) atoms. The molecule has 118 valence electrons. The quantitative estimate of drug-likeness (QED) is 0.696. The normalized spacial score (nSPS) is 14.0. The van der Waals surface area contributed by atoms with Crippen LogP contribution in [0.5, 0.6) is 11.5 Å². The first-order valence-corrected chi connectivity index (χ1v) is 8.08. The molecule has 0 unspecified atom stereocenters. The number of aliphatic hydroxyl groups excluding tert-OH is 1. The average molecular weight is 360 g/mol. The molecule has 2 N–H and O–H groups in total. The van der Waals surface area contributed by atoms with Gasteiger partial charge >= 0.3 is 0 Å². The molecule has 5 nitrogen and oxygen atoms in total. The molecule has 0 spiro atoms. The van der Waals surface area contributed by atoms with E-state index in [4.69, 9.17) is 19.3 Å². The van der Waals surface area contributed by atoms with E-state index in [9.17, 15) is 0 Å². The van der Waals surface area contributed by atoms with Crippen LogP contribution in [0.15, 0.2) is 16.6 Å². The molecule has 0 bridgehead atoms. The van der Waals surface area contributed by atoms with Crippen LogP contribution in [0.3, 0.4) is 0 Å². The van der Waals surface area contributed by atoms with Gasteiger partial charge in [-0.1, -0.05) is 0 Å². The fourth-order valence-corrected chi connectivity index (χ4v) is 2.69. The highest BCUT2D eigenvalue weighted by atomic mass is 79.9. The van der Waals surface area contributed by atoms with Crippen molar-refractivity contribution in [2.45, 2.75) is 19.4 Å².